The molecular weight excluding hydrogens is 588 g/mol. The monoisotopic (exact) mass is 617 g/mol. The number of piperidine rings is 1. The van der Waals surface area contributed by atoms with E-state index in [0.29, 0.717) is 34.8 Å². The Morgan fingerprint density at radius 3 is 2.48 bits per heavy atom. The van der Waals surface area contributed by atoms with Crippen LogP contribution in [0.25, 0.3) is 10.9 Å². The molecule has 4 aromatic rings. The highest BCUT2D eigenvalue weighted by molar-refractivity contribution is 7.92. The van der Waals surface area contributed by atoms with E-state index in [9.17, 15) is 12.8 Å². The number of likely N-dealkylation sites (tertiary alicyclic amines) is 1. The van der Waals surface area contributed by atoms with Gasteiger partial charge in [-0.2, -0.15) is 0 Å². The predicted molar refractivity (Wildman–Crippen MR) is 157 cm³/mol. The summed E-state index contributed by atoms with van der Waals surface area (Å²) in [5.74, 6) is -0.671. The lowest BCUT2D eigenvalue weighted by molar-refractivity contribution is 0.203. The van der Waals surface area contributed by atoms with Crippen LogP contribution in [0.3, 0.4) is 0 Å². The molecule has 3 aromatic carbocycles. The van der Waals surface area contributed by atoms with Crippen molar-refractivity contribution in [3.63, 3.8) is 0 Å². The molecule has 1 aliphatic heterocycles. The number of anilines is 1. The summed E-state index contributed by atoms with van der Waals surface area (Å²) in [4.78, 5) is 6.24. The number of benzene rings is 3. The molecule has 0 atom stereocenters. The molecular formula is C30H30ClF2N3O5S. The summed E-state index contributed by atoms with van der Waals surface area (Å²) in [5.41, 5.74) is 0.451. The Kier molecular flexibility index (Phi) is 9.30. The predicted octanol–water partition coefficient (Wildman–Crippen LogP) is 7.02. The Morgan fingerprint density at radius 1 is 0.929 bits per heavy atom. The van der Waals surface area contributed by atoms with Crippen LogP contribution < -0.4 is 18.9 Å². The highest BCUT2D eigenvalue weighted by Gasteiger charge is 2.21. The van der Waals surface area contributed by atoms with Crippen molar-refractivity contribution < 1.29 is 31.4 Å². The number of sulfonamides is 1. The summed E-state index contributed by atoms with van der Waals surface area (Å²) in [6.45, 7) is 3.78. The zero-order valence-corrected chi connectivity index (χ0v) is 24.5. The molecule has 5 rings (SSSR count). The van der Waals surface area contributed by atoms with Gasteiger partial charge in [0.1, 0.15) is 16.5 Å². The van der Waals surface area contributed by atoms with E-state index in [1.807, 2.05) is 0 Å². The summed E-state index contributed by atoms with van der Waals surface area (Å²) in [7, 11) is -2.80. The van der Waals surface area contributed by atoms with E-state index in [0.717, 1.165) is 44.3 Å². The first-order valence-electron chi connectivity index (χ1n) is 13.5. The molecule has 0 radical (unpaired) electrons. The molecule has 0 amide bonds. The van der Waals surface area contributed by atoms with E-state index >= 15 is 4.39 Å². The number of fused-ring (bicyclic) bond motifs is 1. The van der Waals surface area contributed by atoms with Gasteiger partial charge in [-0.15, -0.1) is 0 Å². The summed E-state index contributed by atoms with van der Waals surface area (Å²) < 4.78 is 74.1. The SMILES string of the molecule is COc1cc2c(Oc3ccc(NS(=O)(=O)c4ccc(Cl)cc4F)cc3F)ccnc2cc1OCCCN1CCCCC1. The normalized spacial score (nSPS) is 14.1. The van der Waals surface area contributed by atoms with E-state index in [1.165, 1.54) is 50.8 Å². The van der Waals surface area contributed by atoms with Crippen molar-refractivity contribution in [2.45, 2.75) is 30.6 Å². The van der Waals surface area contributed by atoms with Crippen LogP contribution in [0.15, 0.2) is 65.7 Å². The van der Waals surface area contributed by atoms with Crippen LogP contribution in [0, 0.1) is 11.6 Å². The van der Waals surface area contributed by atoms with Crippen LogP contribution in [-0.4, -0.2) is 51.7 Å². The smallest absolute Gasteiger partial charge is 0.264 e. The topological polar surface area (TPSA) is 90.0 Å². The van der Waals surface area contributed by atoms with Gasteiger partial charge in [-0.25, -0.2) is 17.2 Å². The van der Waals surface area contributed by atoms with Crippen LogP contribution in [0.4, 0.5) is 14.5 Å². The summed E-state index contributed by atoms with van der Waals surface area (Å²) in [6, 6.07) is 11.7. The van der Waals surface area contributed by atoms with Gasteiger partial charge < -0.3 is 19.1 Å². The maximum Gasteiger partial charge on any atom is 0.264 e. The minimum atomic E-state index is -4.33. The first-order valence-corrected chi connectivity index (χ1v) is 15.4. The van der Waals surface area contributed by atoms with Gasteiger partial charge in [0.05, 0.1) is 24.9 Å². The number of hydrogen-bond donors (Lipinski definition) is 1. The van der Waals surface area contributed by atoms with Gasteiger partial charge >= 0.3 is 0 Å². The number of rotatable bonds is 11. The maximum atomic E-state index is 15.0. The standard InChI is InChI=1S/C30H30ClF2N3O5S/c1-39-28-18-22-25(19-29(28)40-15-5-14-36-12-3-2-4-13-36)34-11-10-26(22)41-27-8-7-21(17-23(27)32)35-42(37,38)30-9-6-20(31)16-24(30)33/h6-11,16-19,35H,2-5,12-15H2,1H3. The van der Waals surface area contributed by atoms with E-state index in [2.05, 4.69) is 14.6 Å². The second-order valence-corrected chi connectivity index (χ2v) is 11.9. The molecule has 8 nitrogen and oxygen atoms in total. The van der Waals surface area contributed by atoms with Crippen LogP contribution in [0.2, 0.25) is 5.02 Å². The van der Waals surface area contributed by atoms with Crippen LogP contribution in [0.5, 0.6) is 23.0 Å². The second-order valence-electron chi connectivity index (χ2n) is 9.86. The van der Waals surface area contributed by atoms with Gasteiger partial charge in [-0.05, 0) is 74.8 Å². The molecule has 12 heteroatoms. The number of nitrogens with zero attached hydrogens (tertiary/aromatic N) is 2. The Bertz CT molecular complexity index is 1680. The van der Waals surface area contributed by atoms with Gasteiger partial charge in [0.15, 0.2) is 23.1 Å². The van der Waals surface area contributed by atoms with Crippen molar-refractivity contribution in [2.24, 2.45) is 0 Å². The Balaban J connectivity index is 1.30. The molecule has 1 aromatic heterocycles. The average Bonchev–Trinajstić information content (AvgIpc) is 2.96. The lowest BCUT2D eigenvalue weighted by Crippen LogP contribution is -2.31. The van der Waals surface area contributed by atoms with Gasteiger partial charge in [-0.1, -0.05) is 18.0 Å². The van der Waals surface area contributed by atoms with Crippen LogP contribution in [0.1, 0.15) is 25.7 Å². The molecule has 2 heterocycles. The first-order chi connectivity index (χ1) is 20.2. The molecule has 0 saturated carbocycles. The second kappa shape index (κ2) is 13.1. The fraction of sp³-hybridized carbons (Fsp3) is 0.300. The van der Waals surface area contributed by atoms with E-state index in [-0.39, 0.29) is 16.5 Å². The lowest BCUT2D eigenvalue weighted by Gasteiger charge is -2.26. The number of halogens is 3. The molecule has 1 fully saturated rings. The lowest BCUT2D eigenvalue weighted by atomic mass is 10.1. The third-order valence-electron chi connectivity index (χ3n) is 6.90. The van der Waals surface area contributed by atoms with Gasteiger partial charge in [0, 0.05) is 35.3 Å². The molecule has 1 aliphatic rings. The quantitative estimate of drug-likeness (QED) is 0.181. The van der Waals surface area contributed by atoms with E-state index < -0.39 is 26.6 Å². The number of ether oxygens (including phenoxy) is 3. The Labute approximate surface area is 248 Å². The molecule has 0 spiro atoms. The largest absolute Gasteiger partial charge is 0.493 e. The number of hydrogen-bond acceptors (Lipinski definition) is 7. The van der Waals surface area contributed by atoms with Crippen molar-refractivity contribution in [3.8, 4) is 23.0 Å². The highest BCUT2D eigenvalue weighted by atomic mass is 35.5. The molecule has 1 N–H and O–H groups in total. The van der Waals surface area contributed by atoms with Crippen molar-refractivity contribution in [2.75, 3.05) is 38.1 Å². The fourth-order valence-corrected chi connectivity index (χ4v) is 6.08. The van der Waals surface area contributed by atoms with Crippen molar-refractivity contribution in [1.82, 2.24) is 9.88 Å². The van der Waals surface area contributed by atoms with Gasteiger partial charge in [-0.3, -0.25) is 9.71 Å². The summed E-state index contributed by atoms with van der Waals surface area (Å²) in [5, 5.41) is 0.615. The minimum absolute atomic E-state index is 0.0484. The zero-order valence-electron chi connectivity index (χ0n) is 22.9. The van der Waals surface area contributed by atoms with Crippen molar-refractivity contribution in [1.29, 1.82) is 0 Å². The van der Waals surface area contributed by atoms with E-state index in [4.69, 9.17) is 25.8 Å². The fourth-order valence-electron chi connectivity index (χ4n) is 4.81. The summed E-state index contributed by atoms with van der Waals surface area (Å²) >= 11 is 5.71. The summed E-state index contributed by atoms with van der Waals surface area (Å²) in [6.07, 6.45) is 6.21. The molecule has 1 saturated heterocycles. The third-order valence-corrected chi connectivity index (χ3v) is 8.55. The zero-order chi connectivity index (χ0) is 29.7. The van der Waals surface area contributed by atoms with Crippen molar-refractivity contribution in [3.05, 3.63) is 77.5 Å². The third kappa shape index (κ3) is 7.03. The maximum absolute atomic E-state index is 15.0. The van der Waals surface area contributed by atoms with Crippen LogP contribution >= 0.6 is 11.6 Å². The number of methoxy groups -OCH3 is 1. The number of aromatic nitrogens is 1. The molecule has 42 heavy (non-hydrogen) atoms. The molecule has 222 valence electrons. The Morgan fingerprint density at radius 2 is 1.74 bits per heavy atom. The number of nitrogens with one attached hydrogen (secondary N) is 1. The van der Waals surface area contributed by atoms with Crippen molar-refractivity contribution >= 4 is 38.2 Å². The average molecular weight is 618 g/mol. The first kappa shape index (κ1) is 29.8. The van der Waals surface area contributed by atoms with E-state index in [1.54, 1.807) is 18.2 Å². The number of pyridine rings is 1. The minimum Gasteiger partial charge on any atom is -0.493 e. The van der Waals surface area contributed by atoms with Gasteiger partial charge in [0.25, 0.3) is 10.0 Å². The van der Waals surface area contributed by atoms with Gasteiger partial charge in [0.2, 0.25) is 0 Å². The molecule has 0 unspecified atom stereocenters. The molecule has 0 bridgehead atoms. The molecule has 0 aliphatic carbocycles. The van der Waals surface area contributed by atoms with Crippen LogP contribution in [-0.2, 0) is 10.0 Å². The highest BCUT2D eigenvalue weighted by Crippen LogP contribution is 2.38. The Hall–Kier alpha value is -3.67.